The molecule has 0 saturated heterocycles. The summed E-state index contributed by atoms with van der Waals surface area (Å²) in [6, 6.07) is -0.687. The smallest absolute Gasteiger partial charge is 0.410 e. The Morgan fingerprint density at radius 1 is 1.56 bits per heavy atom. The van der Waals surface area contributed by atoms with Crippen molar-refractivity contribution in [1.82, 2.24) is 14.7 Å². The fourth-order valence-electron chi connectivity index (χ4n) is 1.43. The number of aromatic nitrogens is 2. The van der Waals surface area contributed by atoms with Crippen LogP contribution < -0.4 is 0 Å². The number of ether oxygens (including phenoxy) is 1. The van der Waals surface area contributed by atoms with E-state index in [2.05, 4.69) is 5.10 Å². The van der Waals surface area contributed by atoms with E-state index in [1.165, 1.54) is 11.9 Å². The molecule has 0 aliphatic heterocycles. The second-order valence-electron chi connectivity index (χ2n) is 5.12. The normalized spacial score (nSPS) is 12.9. The van der Waals surface area contributed by atoms with Crippen LogP contribution in [-0.4, -0.2) is 39.7 Å². The number of likely N-dealkylation sites (N-methyl/N-ethyl adjacent to an activating group) is 1. The Hall–Kier alpha value is -1.85. The Morgan fingerprint density at radius 2 is 2.17 bits per heavy atom. The number of aryl methyl sites for hydroxylation is 1. The zero-order chi connectivity index (χ0) is 13.9. The van der Waals surface area contributed by atoms with Crippen molar-refractivity contribution in [3.8, 4) is 0 Å². The van der Waals surface area contributed by atoms with E-state index in [-0.39, 0.29) is 0 Å². The molecule has 0 fully saturated rings. The maximum Gasteiger partial charge on any atom is 0.410 e. The molecule has 0 saturated carbocycles. The van der Waals surface area contributed by atoms with Crippen LogP contribution in [0.2, 0.25) is 0 Å². The molecule has 0 N–H and O–H groups in total. The summed E-state index contributed by atoms with van der Waals surface area (Å²) in [5.74, 6) is 0. The minimum absolute atomic E-state index is 0.538. The predicted molar refractivity (Wildman–Crippen MR) is 66.0 cm³/mol. The van der Waals surface area contributed by atoms with E-state index >= 15 is 0 Å². The largest absolute Gasteiger partial charge is 0.444 e. The Morgan fingerprint density at radius 3 is 2.56 bits per heavy atom. The Balaban J connectivity index is 2.83. The summed E-state index contributed by atoms with van der Waals surface area (Å²) in [4.78, 5) is 24.3. The number of aldehydes is 1. The van der Waals surface area contributed by atoms with Crippen LogP contribution in [0.1, 0.15) is 32.4 Å². The van der Waals surface area contributed by atoms with E-state index in [1.807, 2.05) is 0 Å². The average Bonchev–Trinajstić information content (AvgIpc) is 2.63. The van der Waals surface area contributed by atoms with Crippen molar-refractivity contribution in [2.75, 3.05) is 7.05 Å². The number of amides is 1. The fraction of sp³-hybridized carbons (Fsp3) is 0.583. The monoisotopic (exact) mass is 253 g/mol. The molecule has 0 aliphatic carbocycles. The van der Waals surface area contributed by atoms with E-state index in [1.54, 1.807) is 44.9 Å². The summed E-state index contributed by atoms with van der Waals surface area (Å²) in [6.45, 7) is 5.33. The highest BCUT2D eigenvalue weighted by atomic mass is 16.6. The molecule has 0 radical (unpaired) electrons. The summed E-state index contributed by atoms with van der Waals surface area (Å²) >= 11 is 0. The number of nitrogens with zero attached hydrogens (tertiary/aromatic N) is 3. The number of hydrogen-bond donors (Lipinski definition) is 0. The van der Waals surface area contributed by atoms with Crippen LogP contribution in [-0.2, 0) is 16.6 Å². The average molecular weight is 253 g/mol. The highest BCUT2D eigenvalue weighted by molar-refractivity contribution is 5.74. The highest BCUT2D eigenvalue weighted by Gasteiger charge is 2.26. The molecule has 6 heteroatoms. The maximum atomic E-state index is 11.9. The minimum Gasteiger partial charge on any atom is -0.444 e. The van der Waals surface area contributed by atoms with Gasteiger partial charge in [0.05, 0.1) is 6.20 Å². The van der Waals surface area contributed by atoms with Gasteiger partial charge in [-0.05, 0) is 20.8 Å². The lowest BCUT2D eigenvalue weighted by atomic mass is 10.1. The fourth-order valence-corrected chi connectivity index (χ4v) is 1.43. The molecule has 6 nitrogen and oxygen atoms in total. The summed E-state index contributed by atoms with van der Waals surface area (Å²) in [5.41, 5.74) is 0.0640. The first-order valence-electron chi connectivity index (χ1n) is 5.64. The van der Waals surface area contributed by atoms with E-state index in [4.69, 9.17) is 4.74 Å². The van der Waals surface area contributed by atoms with Crippen LogP contribution >= 0.6 is 0 Å². The van der Waals surface area contributed by atoms with Crippen LogP contribution in [0.15, 0.2) is 12.4 Å². The second-order valence-corrected chi connectivity index (χ2v) is 5.12. The van der Waals surface area contributed by atoms with Gasteiger partial charge in [0.15, 0.2) is 0 Å². The van der Waals surface area contributed by atoms with Crippen LogP contribution in [0.5, 0.6) is 0 Å². The topological polar surface area (TPSA) is 64.4 Å². The molecule has 100 valence electrons. The predicted octanol–water partition coefficient (Wildman–Crippen LogP) is 1.53. The molecule has 18 heavy (non-hydrogen) atoms. The number of carbonyl (C=O) groups excluding carboxylic acids is 2. The van der Waals surface area contributed by atoms with Crippen LogP contribution in [0, 0.1) is 0 Å². The van der Waals surface area contributed by atoms with Crippen molar-refractivity contribution >= 4 is 12.4 Å². The molecule has 0 spiro atoms. The summed E-state index contributed by atoms with van der Waals surface area (Å²) in [5, 5.41) is 3.98. The Labute approximate surface area is 107 Å². The molecule has 0 aliphatic rings. The zero-order valence-corrected chi connectivity index (χ0v) is 11.4. The molecule has 1 atom stereocenters. The molecule has 0 aromatic carbocycles. The van der Waals surface area contributed by atoms with E-state index in [0.29, 0.717) is 11.8 Å². The minimum atomic E-state index is -0.687. The van der Waals surface area contributed by atoms with Crippen LogP contribution in [0.25, 0.3) is 0 Å². The molecule has 1 heterocycles. The van der Waals surface area contributed by atoms with Gasteiger partial charge in [-0.15, -0.1) is 0 Å². The van der Waals surface area contributed by atoms with E-state index in [9.17, 15) is 9.59 Å². The second kappa shape index (κ2) is 5.20. The summed E-state index contributed by atoms with van der Waals surface area (Å²) in [7, 11) is 3.28. The van der Waals surface area contributed by atoms with Gasteiger partial charge in [-0.1, -0.05) is 0 Å². The van der Waals surface area contributed by atoms with Gasteiger partial charge >= 0.3 is 6.09 Å². The zero-order valence-electron chi connectivity index (χ0n) is 11.4. The molecule has 0 bridgehead atoms. The standard InChI is InChI=1S/C12H19N3O3/c1-12(2,3)18-11(17)15(5)10(8-16)9-6-13-14(4)7-9/h6-8,10H,1-5H3. The number of hydrogen-bond acceptors (Lipinski definition) is 4. The van der Waals surface area contributed by atoms with Gasteiger partial charge in [0, 0.05) is 25.9 Å². The first-order chi connectivity index (χ1) is 8.24. The van der Waals surface area contributed by atoms with Crippen molar-refractivity contribution in [3.63, 3.8) is 0 Å². The Kier molecular flexibility index (Phi) is 4.11. The van der Waals surface area contributed by atoms with Crippen molar-refractivity contribution < 1.29 is 14.3 Å². The van der Waals surface area contributed by atoms with Gasteiger partial charge in [0.2, 0.25) is 0 Å². The first-order valence-corrected chi connectivity index (χ1v) is 5.64. The molecule has 1 rings (SSSR count). The molecular weight excluding hydrogens is 234 g/mol. The first kappa shape index (κ1) is 14.2. The summed E-state index contributed by atoms with van der Waals surface area (Å²) in [6.07, 6.45) is 3.41. The lowest BCUT2D eigenvalue weighted by molar-refractivity contribution is -0.112. The lowest BCUT2D eigenvalue weighted by Gasteiger charge is -2.27. The van der Waals surface area contributed by atoms with Crippen LogP contribution in [0.4, 0.5) is 4.79 Å². The van der Waals surface area contributed by atoms with Crippen molar-refractivity contribution in [1.29, 1.82) is 0 Å². The number of carbonyl (C=O) groups is 2. The van der Waals surface area contributed by atoms with E-state index in [0.717, 1.165) is 0 Å². The van der Waals surface area contributed by atoms with Gasteiger partial charge in [0.25, 0.3) is 0 Å². The molecule has 1 aromatic heterocycles. The van der Waals surface area contributed by atoms with Crippen molar-refractivity contribution in [3.05, 3.63) is 18.0 Å². The van der Waals surface area contributed by atoms with Gasteiger partial charge in [-0.3, -0.25) is 9.58 Å². The molecule has 1 unspecified atom stereocenters. The highest BCUT2D eigenvalue weighted by Crippen LogP contribution is 2.19. The van der Waals surface area contributed by atoms with E-state index < -0.39 is 17.7 Å². The Bertz CT molecular complexity index is 434. The third-order valence-electron chi connectivity index (χ3n) is 2.29. The molecular formula is C12H19N3O3. The number of rotatable bonds is 3. The SMILES string of the molecule is CN(C(=O)OC(C)(C)C)C(C=O)c1cnn(C)c1. The van der Waals surface area contributed by atoms with Gasteiger partial charge in [-0.25, -0.2) is 4.79 Å². The quantitative estimate of drug-likeness (QED) is 0.766. The summed E-state index contributed by atoms with van der Waals surface area (Å²) < 4.78 is 6.79. The van der Waals surface area contributed by atoms with Crippen molar-refractivity contribution in [2.45, 2.75) is 32.4 Å². The van der Waals surface area contributed by atoms with Crippen molar-refractivity contribution in [2.24, 2.45) is 7.05 Å². The molecule has 1 aromatic rings. The maximum absolute atomic E-state index is 11.9. The van der Waals surface area contributed by atoms with Gasteiger partial charge in [-0.2, -0.15) is 5.10 Å². The molecule has 1 amide bonds. The van der Waals surface area contributed by atoms with Gasteiger partial charge < -0.3 is 9.53 Å². The van der Waals surface area contributed by atoms with Gasteiger partial charge in [0.1, 0.15) is 17.9 Å². The lowest BCUT2D eigenvalue weighted by Crippen LogP contribution is -2.37. The van der Waals surface area contributed by atoms with Crippen LogP contribution in [0.3, 0.4) is 0 Å². The third-order valence-corrected chi connectivity index (χ3v) is 2.29. The third kappa shape index (κ3) is 3.58.